The van der Waals surface area contributed by atoms with E-state index < -0.39 is 0 Å². The molecule has 1 aromatic heterocycles. The van der Waals surface area contributed by atoms with Gasteiger partial charge in [0.2, 0.25) is 0 Å². The Labute approximate surface area is 123 Å². The van der Waals surface area contributed by atoms with E-state index in [1.165, 1.54) is 18.4 Å². The van der Waals surface area contributed by atoms with Crippen LogP contribution in [0.5, 0.6) is 5.75 Å². The number of amides is 1. The van der Waals surface area contributed by atoms with Gasteiger partial charge in [0.05, 0.1) is 18.5 Å². The zero-order valence-electron chi connectivity index (χ0n) is 10.5. The molecule has 19 heavy (non-hydrogen) atoms. The van der Waals surface area contributed by atoms with E-state index >= 15 is 0 Å². The summed E-state index contributed by atoms with van der Waals surface area (Å²) in [5.74, 6) is 0.347. The number of hydrogen-bond donors (Lipinski definition) is 2. The normalized spacial score (nSPS) is 10.3. The molecule has 2 rings (SSSR count). The Morgan fingerprint density at radius 3 is 2.84 bits per heavy atom. The molecule has 6 heteroatoms. The maximum absolute atomic E-state index is 12.2. The zero-order valence-corrected chi connectivity index (χ0v) is 12.9. The Hall–Kier alpha value is -1.53. The molecule has 0 radical (unpaired) electrons. The summed E-state index contributed by atoms with van der Waals surface area (Å²) in [4.78, 5) is 12.7. The third kappa shape index (κ3) is 2.90. The molecule has 1 aromatic carbocycles. The molecule has 0 saturated carbocycles. The van der Waals surface area contributed by atoms with Gasteiger partial charge in [-0.15, -0.1) is 11.3 Å². The minimum atomic E-state index is -0.219. The van der Waals surface area contributed by atoms with Gasteiger partial charge in [-0.05, 0) is 36.1 Å². The maximum Gasteiger partial charge on any atom is 0.269 e. The summed E-state index contributed by atoms with van der Waals surface area (Å²) in [6.45, 7) is 1.89. The van der Waals surface area contributed by atoms with E-state index in [0.29, 0.717) is 22.0 Å². The Bertz CT molecular complexity index is 602. The number of hydrogen-bond acceptors (Lipinski definition) is 4. The first-order valence-electron chi connectivity index (χ1n) is 5.51. The van der Waals surface area contributed by atoms with Crippen molar-refractivity contribution in [2.45, 2.75) is 6.92 Å². The lowest BCUT2D eigenvalue weighted by Gasteiger charge is -2.12. The number of aryl methyl sites for hydroxylation is 1. The first-order chi connectivity index (χ1) is 9.02. The molecule has 0 bridgehead atoms. The Morgan fingerprint density at radius 2 is 2.21 bits per heavy atom. The van der Waals surface area contributed by atoms with Crippen LogP contribution in [0.3, 0.4) is 0 Å². The van der Waals surface area contributed by atoms with Crippen LogP contribution in [0, 0.1) is 6.92 Å². The molecule has 0 atom stereocenters. The van der Waals surface area contributed by atoms with Gasteiger partial charge >= 0.3 is 0 Å². The van der Waals surface area contributed by atoms with E-state index in [1.54, 1.807) is 12.1 Å². The molecule has 0 unspecified atom stereocenters. The van der Waals surface area contributed by atoms with Crippen molar-refractivity contribution in [2.75, 3.05) is 18.2 Å². The van der Waals surface area contributed by atoms with Crippen molar-refractivity contribution < 1.29 is 9.53 Å². The van der Waals surface area contributed by atoms with Crippen LogP contribution in [-0.4, -0.2) is 13.0 Å². The van der Waals surface area contributed by atoms with Crippen molar-refractivity contribution in [1.29, 1.82) is 0 Å². The average Bonchev–Trinajstić information content (AvgIpc) is 2.81. The molecule has 0 aliphatic heterocycles. The first-order valence-corrected chi connectivity index (χ1v) is 7.18. The largest absolute Gasteiger partial charge is 0.495 e. The summed E-state index contributed by atoms with van der Waals surface area (Å²) >= 11 is 4.69. The van der Waals surface area contributed by atoms with Gasteiger partial charge < -0.3 is 15.8 Å². The number of nitrogens with two attached hydrogens (primary N) is 1. The fourth-order valence-electron chi connectivity index (χ4n) is 1.73. The summed E-state index contributed by atoms with van der Waals surface area (Å²) in [7, 11) is 1.54. The smallest absolute Gasteiger partial charge is 0.269 e. The number of rotatable bonds is 3. The van der Waals surface area contributed by atoms with Crippen molar-refractivity contribution in [1.82, 2.24) is 0 Å². The van der Waals surface area contributed by atoms with Crippen molar-refractivity contribution in [3.63, 3.8) is 0 Å². The van der Waals surface area contributed by atoms with Gasteiger partial charge in [0.1, 0.15) is 10.6 Å². The van der Waals surface area contributed by atoms with Crippen molar-refractivity contribution in [2.24, 2.45) is 0 Å². The average molecular weight is 341 g/mol. The quantitative estimate of drug-likeness (QED) is 0.838. The highest BCUT2D eigenvalue weighted by Crippen LogP contribution is 2.30. The molecule has 1 heterocycles. The van der Waals surface area contributed by atoms with Crippen LogP contribution in [0.15, 0.2) is 28.1 Å². The van der Waals surface area contributed by atoms with Crippen LogP contribution in [-0.2, 0) is 0 Å². The molecule has 0 aliphatic rings. The molecule has 0 fully saturated rings. The molecular formula is C13H13BrN2O2S. The highest BCUT2D eigenvalue weighted by atomic mass is 79.9. The van der Waals surface area contributed by atoms with Gasteiger partial charge in [0.15, 0.2) is 0 Å². The number of benzene rings is 1. The topological polar surface area (TPSA) is 64.3 Å². The second kappa shape index (κ2) is 5.63. The minimum Gasteiger partial charge on any atom is -0.495 e. The molecular weight excluding hydrogens is 328 g/mol. The van der Waals surface area contributed by atoms with E-state index in [9.17, 15) is 4.79 Å². The van der Waals surface area contributed by atoms with Crippen molar-refractivity contribution >= 4 is 44.5 Å². The summed E-state index contributed by atoms with van der Waals surface area (Å²) in [5, 5.41) is 4.64. The predicted octanol–water partition coefficient (Wildman–Crippen LogP) is 3.66. The Kier molecular flexibility index (Phi) is 4.11. The van der Waals surface area contributed by atoms with Gasteiger partial charge in [0, 0.05) is 4.47 Å². The van der Waals surface area contributed by atoms with Gasteiger partial charge in [-0.25, -0.2) is 0 Å². The van der Waals surface area contributed by atoms with Crippen LogP contribution in [0.25, 0.3) is 0 Å². The number of carbonyl (C=O) groups excluding carboxylic acids is 1. The molecule has 2 aromatic rings. The van der Waals surface area contributed by atoms with Gasteiger partial charge in [-0.3, -0.25) is 4.79 Å². The summed E-state index contributed by atoms with van der Waals surface area (Å²) < 4.78 is 6.02. The molecule has 1 amide bonds. The molecule has 0 aliphatic carbocycles. The number of methoxy groups -OCH3 is 1. The Balaban J connectivity index is 2.29. The number of halogens is 1. The van der Waals surface area contributed by atoms with Crippen LogP contribution in [0.1, 0.15) is 15.2 Å². The van der Waals surface area contributed by atoms with Crippen LogP contribution in [0.4, 0.5) is 11.4 Å². The zero-order chi connectivity index (χ0) is 14.0. The number of anilines is 2. The molecule has 0 saturated heterocycles. The summed E-state index contributed by atoms with van der Waals surface area (Å²) in [5.41, 5.74) is 7.97. The third-order valence-electron chi connectivity index (χ3n) is 2.62. The van der Waals surface area contributed by atoms with Crippen molar-refractivity contribution in [3.8, 4) is 5.75 Å². The number of nitrogens with one attached hydrogen (secondary N) is 1. The third-order valence-corrected chi connectivity index (χ3v) is 3.98. The lowest BCUT2D eigenvalue weighted by atomic mass is 10.1. The minimum absolute atomic E-state index is 0.219. The summed E-state index contributed by atoms with van der Waals surface area (Å²) in [6, 6.07) is 5.42. The van der Waals surface area contributed by atoms with E-state index in [-0.39, 0.29) is 5.91 Å². The van der Waals surface area contributed by atoms with Gasteiger partial charge in [0.25, 0.3) is 5.91 Å². The summed E-state index contributed by atoms with van der Waals surface area (Å²) in [6.07, 6.45) is 0. The highest BCUT2D eigenvalue weighted by Gasteiger charge is 2.16. The van der Waals surface area contributed by atoms with E-state index in [0.717, 1.165) is 10.0 Å². The first kappa shape index (κ1) is 13.9. The van der Waals surface area contributed by atoms with Gasteiger partial charge in [-0.2, -0.15) is 0 Å². The number of thiophene rings is 1. The monoisotopic (exact) mass is 340 g/mol. The number of carbonyl (C=O) groups is 1. The standard InChI is InChI=1S/C13H13BrN2O2S/c1-7-5-8(14)6-9(15)11(7)16-13(17)12-10(18-2)3-4-19-12/h3-6H,15H2,1-2H3,(H,16,17). The van der Waals surface area contributed by atoms with Gasteiger partial charge in [-0.1, -0.05) is 15.9 Å². The lowest BCUT2D eigenvalue weighted by molar-refractivity contribution is 0.102. The molecule has 3 N–H and O–H groups in total. The molecule has 100 valence electrons. The van der Waals surface area contributed by atoms with Crippen LogP contribution in [0.2, 0.25) is 0 Å². The fourth-order valence-corrected chi connectivity index (χ4v) is 3.08. The molecule has 4 nitrogen and oxygen atoms in total. The Morgan fingerprint density at radius 1 is 1.47 bits per heavy atom. The van der Waals surface area contributed by atoms with Crippen LogP contribution < -0.4 is 15.8 Å². The SMILES string of the molecule is COc1ccsc1C(=O)Nc1c(C)cc(Br)cc1N. The number of ether oxygens (including phenoxy) is 1. The fraction of sp³-hybridized carbons (Fsp3) is 0.154. The number of nitrogen functional groups attached to an aromatic ring is 1. The predicted molar refractivity (Wildman–Crippen MR) is 82.1 cm³/mol. The molecule has 0 spiro atoms. The van der Waals surface area contributed by atoms with E-state index in [2.05, 4.69) is 21.2 Å². The van der Waals surface area contributed by atoms with Crippen LogP contribution >= 0.6 is 27.3 Å². The second-order valence-corrected chi connectivity index (χ2v) is 5.79. The van der Waals surface area contributed by atoms with E-state index in [4.69, 9.17) is 10.5 Å². The second-order valence-electron chi connectivity index (χ2n) is 3.96. The highest BCUT2D eigenvalue weighted by molar-refractivity contribution is 9.10. The van der Waals surface area contributed by atoms with E-state index in [1.807, 2.05) is 18.4 Å². The lowest BCUT2D eigenvalue weighted by Crippen LogP contribution is -2.13. The maximum atomic E-state index is 12.2. The van der Waals surface area contributed by atoms with Crippen molar-refractivity contribution in [3.05, 3.63) is 38.5 Å².